The number of hydrogen-bond donors (Lipinski definition) is 1. The summed E-state index contributed by atoms with van der Waals surface area (Å²) in [5.74, 6) is 0. The summed E-state index contributed by atoms with van der Waals surface area (Å²) in [7, 11) is 0. The van der Waals surface area contributed by atoms with Crippen LogP contribution < -0.4 is 0 Å². The Balaban J connectivity index is 1.37. The molecule has 0 bridgehead atoms. The molecule has 4 aromatic carbocycles. The van der Waals surface area contributed by atoms with Crippen LogP contribution in [0.4, 0.5) is 0 Å². The molecule has 0 radical (unpaired) electrons. The lowest BCUT2D eigenvalue weighted by Crippen LogP contribution is -2.59. The first-order valence-corrected chi connectivity index (χ1v) is 14.5. The van der Waals surface area contributed by atoms with Gasteiger partial charge in [0.1, 0.15) is 29.9 Å². The fourth-order valence-electron chi connectivity index (χ4n) is 4.67. The van der Waals surface area contributed by atoms with Crippen LogP contribution in [-0.4, -0.2) is 41.6 Å². The molecule has 0 aliphatic carbocycles. The molecule has 4 aromatic rings. The molecule has 5 atom stereocenters. The quantitative estimate of drug-likeness (QED) is 0.213. The highest BCUT2D eigenvalue weighted by Crippen LogP contribution is 2.36. The highest BCUT2D eigenvalue weighted by molar-refractivity contribution is 7.99. The van der Waals surface area contributed by atoms with Crippen LogP contribution in [0.2, 0.25) is 0 Å². The molecule has 208 valence electrons. The molecular formula is C34H36O5S. The molecule has 5 rings (SSSR count). The minimum atomic E-state index is -0.916. The number of ether oxygens (including phenoxy) is 4. The molecule has 0 unspecified atom stereocenters. The molecular weight excluding hydrogens is 520 g/mol. The lowest BCUT2D eigenvalue weighted by atomic mass is 9.99. The Hall–Kier alpha value is -2.97. The Morgan fingerprint density at radius 2 is 1.15 bits per heavy atom. The van der Waals surface area contributed by atoms with Crippen molar-refractivity contribution in [3.05, 3.63) is 138 Å². The van der Waals surface area contributed by atoms with Crippen LogP contribution in [0.3, 0.4) is 0 Å². The van der Waals surface area contributed by atoms with E-state index in [1.54, 1.807) is 0 Å². The van der Waals surface area contributed by atoms with Gasteiger partial charge in [-0.1, -0.05) is 120 Å². The molecule has 1 saturated heterocycles. The zero-order valence-corrected chi connectivity index (χ0v) is 23.5. The minimum Gasteiger partial charge on any atom is -0.387 e. The average molecular weight is 557 g/mol. The first kappa shape index (κ1) is 28.6. The first-order valence-electron chi connectivity index (χ1n) is 13.7. The largest absolute Gasteiger partial charge is 0.387 e. The summed E-state index contributed by atoms with van der Waals surface area (Å²) in [5, 5.41) is 11.6. The third-order valence-electron chi connectivity index (χ3n) is 6.85. The highest BCUT2D eigenvalue weighted by atomic mass is 32.2. The number of aliphatic hydroxyl groups excluding tert-OH is 1. The van der Waals surface area contributed by atoms with Crippen molar-refractivity contribution in [2.75, 3.05) is 6.61 Å². The van der Waals surface area contributed by atoms with Crippen molar-refractivity contribution < 1.29 is 24.1 Å². The second-order valence-corrected chi connectivity index (χ2v) is 11.2. The van der Waals surface area contributed by atoms with Crippen LogP contribution in [0.1, 0.15) is 22.3 Å². The predicted octanol–water partition coefficient (Wildman–Crippen LogP) is 6.56. The Morgan fingerprint density at radius 3 is 1.70 bits per heavy atom. The number of benzene rings is 4. The van der Waals surface area contributed by atoms with Crippen molar-refractivity contribution in [3.8, 4) is 0 Å². The van der Waals surface area contributed by atoms with Crippen molar-refractivity contribution in [2.45, 2.75) is 61.5 Å². The average Bonchev–Trinajstić information content (AvgIpc) is 3.00. The van der Waals surface area contributed by atoms with Crippen LogP contribution in [0.5, 0.6) is 0 Å². The molecule has 0 aromatic heterocycles. The van der Waals surface area contributed by atoms with Gasteiger partial charge in [0.2, 0.25) is 0 Å². The van der Waals surface area contributed by atoms with Crippen LogP contribution in [0.25, 0.3) is 0 Å². The van der Waals surface area contributed by atoms with Crippen molar-refractivity contribution in [2.24, 2.45) is 0 Å². The molecule has 6 heteroatoms. The van der Waals surface area contributed by atoms with Gasteiger partial charge in [0.05, 0.1) is 26.4 Å². The summed E-state index contributed by atoms with van der Waals surface area (Å²) in [6.07, 6.45) is -2.52. The van der Waals surface area contributed by atoms with Gasteiger partial charge in [0.25, 0.3) is 0 Å². The maximum absolute atomic E-state index is 11.6. The fraction of sp³-hybridized carbons (Fsp3) is 0.294. The topological polar surface area (TPSA) is 57.2 Å². The molecule has 0 saturated carbocycles. The normalized spacial score (nSPS) is 22.7. The van der Waals surface area contributed by atoms with Gasteiger partial charge in [-0.2, -0.15) is 0 Å². The van der Waals surface area contributed by atoms with Crippen molar-refractivity contribution >= 4 is 11.8 Å². The number of aryl methyl sites for hydroxylation is 1. The van der Waals surface area contributed by atoms with E-state index in [2.05, 4.69) is 31.2 Å². The SMILES string of the molecule is Cc1ccc(S[C@H]2O[C@H](COCc3ccccc3)[C@@H](OCc3ccccc3)[C@H](OCc3ccccc3)[C@@H]2O)cc1. The standard InChI is InChI=1S/C34H36O5S/c1-25-17-19-29(20-18-25)40-34-31(35)33(38-23-28-15-9-4-10-16-28)32(37-22-27-13-7-3-8-14-27)30(39-34)24-36-21-26-11-5-2-6-12-26/h2-20,30-35H,21-24H2,1H3/t30-,31+,32-,33-,34-/m1/s1. The number of hydrogen-bond acceptors (Lipinski definition) is 6. The molecule has 5 nitrogen and oxygen atoms in total. The van der Waals surface area contributed by atoms with E-state index in [0.717, 1.165) is 21.6 Å². The number of thioether (sulfide) groups is 1. The minimum absolute atomic E-state index is 0.303. The molecule has 40 heavy (non-hydrogen) atoms. The zero-order valence-electron chi connectivity index (χ0n) is 22.7. The van der Waals surface area contributed by atoms with E-state index in [4.69, 9.17) is 18.9 Å². The Kier molecular flexibility index (Phi) is 10.4. The van der Waals surface area contributed by atoms with Crippen molar-refractivity contribution in [1.82, 2.24) is 0 Å². The summed E-state index contributed by atoms with van der Waals surface area (Å²) >= 11 is 1.49. The summed E-state index contributed by atoms with van der Waals surface area (Å²) in [6, 6.07) is 38.3. The molecule has 1 aliphatic heterocycles. The Morgan fingerprint density at radius 1 is 0.650 bits per heavy atom. The monoisotopic (exact) mass is 556 g/mol. The van der Waals surface area contributed by atoms with Crippen molar-refractivity contribution in [1.29, 1.82) is 0 Å². The smallest absolute Gasteiger partial charge is 0.136 e. The lowest BCUT2D eigenvalue weighted by Gasteiger charge is -2.44. The van der Waals surface area contributed by atoms with Gasteiger partial charge in [-0.25, -0.2) is 0 Å². The van der Waals surface area contributed by atoms with Crippen LogP contribution in [-0.2, 0) is 38.8 Å². The van der Waals surface area contributed by atoms with Crippen molar-refractivity contribution in [3.63, 3.8) is 0 Å². The second kappa shape index (κ2) is 14.6. The maximum atomic E-state index is 11.6. The predicted molar refractivity (Wildman–Crippen MR) is 158 cm³/mol. The fourth-order valence-corrected chi connectivity index (χ4v) is 5.72. The highest BCUT2D eigenvalue weighted by Gasteiger charge is 2.47. The summed E-state index contributed by atoms with van der Waals surface area (Å²) in [5.41, 5.74) is 3.79. The lowest BCUT2D eigenvalue weighted by molar-refractivity contribution is -0.243. The molecule has 1 aliphatic rings. The van der Waals surface area contributed by atoms with E-state index < -0.39 is 29.9 Å². The Labute approximate surface area is 241 Å². The molecule has 1 heterocycles. The molecule has 0 amide bonds. The summed E-state index contributed by atoms with van der Waals surface area (Å²) in [4.78, 5) is 1.02. The van der Waals surface area contributed by atoms with Gasteiger partial charge < -0.3 is 24.1 Å². The molecule has 0 spiro atoms. The van der Waals surface area contributed by atoms with Gasteiger partial charge in [0.15, 0.2) is 0 Å². The van der Waals surface area contributed by atoms with E-state index in [9.17, 15) is 5.11 Å². The van der Waals surface area contributed by atoms with Crippen LogP contribution in [0, 0.1) is 6.92 Å². The summed E-state index contributed by atoms with van der Waals surface area (Å²) in [6.45, 7) is 3.55. The Bertz CT molecular complexity index is 1270. The van der Waals surface area contributed by atoms with Gasteiger partial charge in [-0.3, -0.25) is 0 Å². The van der Waals surface area contributed by atoms with E-state index in [0.29, 0.717) is 26.4 Å². The van der Waals surface area contributed by atoms with Gasteiger partial charge in [0, 0.05) is 4.90 Å². The summed E-state index contributed by atoms with van der Waals surface area (Å²) < 4.78 is 25.6. The van der Waals surface area contributed by atoms with Gasteiger partial charge >= 0.3 is 0 Å². The van der Waals surface area contributed by atoms with E-state index in [1.165, 1.54) is 17.3 Å². The molecule has 1 fully saturated rings. The van der Waals surface area contributed by atoms with Crippen LogP contribution >= 0.6 is 11.8 Å². The second-order valence-electron chi connectivity index (χ2n) is 9.99. The zero-order chi connectivity index (χ0) is 27.6. The number of rotatable bonds is 12. The van der Waals surface area contributed by atoms with Gasteiger partial charge in [-0.05, 0) is 35.7 Å². The first-order chi connectivity index (χ1) is 19.7. The third kappa shape index (κ3) is 8.04. The number of aliphatic hydroxyl groups is 1. The van der Waals surface area contributed by atoms with E-state index in [-0.39, 0.29) is 0 Å². The van der Waals surface area contributed by atoms with Gasteiger partial charge in [-0.15, -0.1) is 0 Å². The third-order valence-corrected chi connectivity index (χ3v) is 8.02. The molecule has 1 N–H and O–H groups in total. The van der Waals surface area contributed by atoms with E-state index in [1.807, 2.05) is 91.0 Å². The van der Waals surface area contributed by atoms with E-state index >= 15 is 0 Å². The van der Waals surface area contributed by atoms with Crippen LogP contribution in [0.15, 0.2) is 120 Å². The maximum Gasteiger partial charge on any atom is 0.136 e.